The van der Waals surface area contributed by atoms with Gasteiger partial charge < -0.3 is 15.1 Å². The van der Waals surface area contributed by atoms with Gasteiger partial charge in [-0.25, -0.2) is 9.37 Å². The van der Waals surface area contributed by atoms with Crippen LogP contribution < -0.4 is 15.1 Å². The molecule has 1 saturated heterocycles. The molecule has 1 N–H and O–H groups in total. The van der Waals surface area contributed by atoms with E-state index in [1.807, 2.05) is 26.0 Å². The molecule has 0 radical (unpaired) electrons. The third-order valence-electron chi connectivity index (χ3n) is 4.22. The van der Waals surface area contributed by atoms with Crippen molar-refractivity contribution in [3.8, 4) is 6.07 Å². The van der Waals surface area contributed by atoms with Crippen molar-refractivity contribution in [3.63, 3.8) is 0 Å². The SMILES string of the molecule is CCNc1nc(C)cc(N2CCN(c3cccc(F)c3C#N)CC2)n1. The Hall–Kier alpha value is -2.88. The molecule has 2 aromatic rings. The fourth-order valence-corrected chi connectivity index (χ4v) is 3.01. The fraction of sp³-hybridized carbons (Fsp3) is 0.389. The maximum Gasteiger partial charge on any atom is 0.224 e. The van der Waals surface area contributed by atoms with Gasteiger partial charge in [-0.2, -0.15) is 10.2 Å². The zero-order valence-electron chi connectivity index (χ0n) is 14.5. The fourth-order valence-electron chi connectivity index (χ4n) is 3.01. The second-order valence-corrected chi connectivity index (χ2v) is 5.94. The number of anilines is 3. The number of piperazine rings is 1. The first-order valence-electron chi connectivity index (χ1n) is 8.40. The number of nitrogens with one attached hydrogen (secondary N) is 1. The minimum Gasteiger partial charge on any atom is -0.367 e. The van der Waals surface area contributed by atoms with Crippen LogP contribution in [0.3, 0.4) is 0 Å². The van der Waals surface area contributed by atoms with Crippen LogP contribution >= 0.6 is 0 Å². The number of nitrogens with zero attached hydrogens (tertiary/aromatic N) is 5. The maximum atomic E-state index is 13.8. The third kappa shape index (κ3) is 3.63. The summed E-state index contributed by atoms with van der Waals surface area (Å²) in [4.78, 5) is 13.2. The molecule has 0 amide bonds. The van der Waals surface area contributed by atoms with Gasteiger partial charge >= 0.3 is 0 Å². The molecule has 0 aliphatic carbocycles. The van der Waals surface area contributed by atoms with Crippen molar-refractivity contribution < 1.29 is 4.39 Å². The minimum atomic E-state index is -0.468. The Morgan fingerprint density at radius 3 is 2.60 bits per heavy atom. The molecule has 0 bridgehead atoms. The first kappa shape index (κ1) is 17.0. The van der Waals surface area contributed by atoms with Crippen LogP contribution in [0.25, 0.3) is 0 Å². The predicted octanol–water partition coefficient (Wildman–Crippen LogP) is 2.55. The summed E-state index contributed by atoms with van der Waals surface area (Å²) in [6.45, 7) is 7.65. The number of rotatable bonds is 4. The summed E-state index contributed by atoms with van der Waals surface area (Å²) in [6.07, 6.45) is 0. The summed E-state index contributed by atoms with van der Waals surface area (Å²) in [6, 6.07) is 8.72. The van der Waals surface area contributed by atoms with Gasteiger partial charge in [-0.15, -0.1) is 0 Å². The predicted molar refractivity (Wildman–Crippen MR) is 96.5 cm³/mol. The van der Waals surface area contributed by atoms with E-state index >= 15 is 0 Å². The van der Waals surface area contributed by atoms with Crippen LogP contribution in [-0.2, 0) is 0 Å². The van der Waals surface area contributed by atoms with Gasteiger partial charge in [0.1, 0.15) is 23.3 Å². The Morgan fingerprint density at radius 1 is 1.20 bits per heavy atom. The van der Waals surface area contributed by atoms with E-state index < -0.39 is 5.82 Å². The highest BCUT2D eigenvalue weighted by Gasteiger charge is 2.22. The van der Waals surface area contributed by atoms with Gasteiger partial charge in [0.05, 0.1) is 5.69 Å². The van der Waals surface area contributed by atoms with Crippen LogP contribution in [0.4, 0.5) is 21.8 Å². The summed E-state index contributed by atoms with van der Waals surface area (Å²) >= 11 is 0. The molecule has 0 unspecified atom stereocenters. The van der Waals surface area contributed by atoms with E-state index in [1.165, 1.54) is 6.07 Å². The van der Waals surface area contributed by atoms with Crippen LogP contribution in [0.1, 0.15) is 18.2 Å². The highest BCUT2D eigenvalue weighted by atomic mass is 19.1. The second kappa shape index (κ2) is 7.34. The summed E-state index contributed by atoms with van der Waals surface area (Å²) < 4.78 is 13.8. The lowest BCUT2D eigenvalue weighted by atomic mass is 10.1. The number of aromatic nitrogens is 2. The summed E-state index contributed by atoms with van der Waals surface area (Å²) in [5.41, 5.74) is 1.69. The molecule has 1 aliphatic heterocycles. The first-order valence-corrected chi connectivity index (χ1v) is 8.40. The summed E-state index contributed by atoms with van der Waals surface area (Å²) in [5.74, 6) is 1.06. The van der Waals surface area contributed by atoms with Gasteiger partial charge in [0.25, 0.3) is 0 Å². The molecule has 1 fully saturated rings. The van der Waals surface area contributed by atoms with Crippen molar-refractivity contribution in [2.75, 3.05) is 47.8 Å². The Balaban J connectivity index is 1.75. The Labute approximate surface area is 146 Å². The number of nitriles is 1. The molecule has 0 spiro atoms. The van der Waals surface area contributed by atoms with E-state index in [0.29, 0.717) is 24.7 Å². The highest BCUT2D eigenvalue weighted by molar-refractivity contribution is 5.61. The average molecular weight is 340 g/mol. The summed E-state index contributed by atoms with van der Waals surface area (Å²) in [7, 11) is 0. The molecule has 0 atom stereocenters. The zero-order chi connectivity index (χ0) is 17.8. The molecule has 0 saturated carbocycles. The molecular weight excluding hydrogens is 319 g/mol. The molecule has 7 heteroatoms. The van der Waals surface area contributed by atoms with Gasteiger partial charge in [-0.05, 0) is 26.0 Å². The first-order chi connectivity index (χ1) is 12.1. The number of hydrogen-bond acceptors (Lipinski definition) is 6. The van der Waals surface area contributed by atoms with Gasteiger partial charge in [-0.3, -0.25) is 0 Å². The van der Waals surface area contributed by atoms with Gasteiger partial charge in [0, 0.05) is 44.5 Å². The Morgan fingerprint density at radius 2 is 1.92 bits per heavy atom. The Kier molecular flexibility index (Phi) is 4.98. The van der Waals surface area contributed by atoms with Crippen molar-refractivity contribution in [2.24, 2.45) is 0 Å². The second-order valence-electron chi connectivity index (χ2n) is 5.94. The lowest BCUT2D eigenvalue weighted by molar-refractivity contribution is 0.615. The number of hydrogen-bond donors (Lipinski definition) is 1. The van der Waals surface area contributed by atoms with Gasteiger partial charge in [0.15, 0.2) is 0 Å². The van der Waals surface area contributed by atoms with Crippen LogP contribution in [0.15, 0.2) is 24.3 Å². The van der Waals surface area contributed by atoms with Crippen molar-refractivity contribution in [2.45, 2.75) is 13.8 Å². The van der Waals surface area contributed by atoms with Gasteiger partial charge in [-0.1, -0.05) is 6.07 Å². The number of aryl methyl sites for hydroxylation is 1. The quantitative estimate of drug-likeness (QED) is 0.922. The minimum absolute atomic E-state index is 0.114. The zero-order valence-corrected chi connectivity index (χ0v) is 14.5. The molecule has 1 aromatic heterocycles. The van der Waals surface area contributed by atoms with Crippen molar-refractivity contribution in [1.29, 1.82) is 5.26 Å². The van der Waals surface area contributed by atoms with E-state index in [2.05, 4.69) is 25.1 Å². The summed E-state index contributed by atoms with van der Waals surface area (Å²) in [5, 5.41) is 12.4. The van der Waals surface area contributed by atoms with Gasteiger partial charge in [0.2, 0.25) is 5.95 Å². The van der Waals surface area contributed by atoms with E-state index in [1.54, 1.807) is 12.1 Å². The molecular formula is C18H21FN6. The molecule has 6 nitrogen and oxygen atoms in total. The van der Waals surface area contributed by atoms with E-state index in [4.69, 9.17) is 0 Å². The van der Waals surface area contributed by atoms with Crippen LogP contribution in [0, 0.1) is 24.1 Å². The maximum absolute atomic E-state index is 13.8. The molecule has 1 aromatic carbocycles. The van der Waals surface area contributed by atoms with Crippen molar-refractivity contribution >= 4 is 17.5 Å². The smallest absolute Gasteiger partial charge is 0.224 e. The Bertz CT molecular complexity index is 793. The van der Waals surface area contributed by atoms with Crippen molar-refractivity contribution in [1.82, 2.24) is 9.97 Å². The lowest BCUT2D eigenvalue weighted by Crippen LogP contribution is -2.47. The monoisotopic (exact) mass is 340 g/mol. The molecule has 130 valence electrons. The van der Waals surface area contributed by atoms with E-state index in [-0.39, 0.29) is 5.56 Å². The third-order valence-corrected chi connectivity index (χ3v) is 4.22. The van der Waals surface area contributed by atoms with E-state index in [9.17, 15) is 9.65 Å². The largest absolute Gasteiger partial charge is 0.367 e. The highest BCUT2D eigenvalue weighted by Crippen LogP contribution is 2.25. The lowest BCUT2D eigenvalue weighted by Gasteiger charge is -2.37. The van der Waals surface area contributed by atoms with Crippen LogP contribution in [-0.4, -0.2) is 42.7 Å². The normalized spacial score (nSPS) is 14.3. The number of halogens is 1. The van der Waals surface area contributed by atoms with E-state index in [0.717, 1.165) is 31.1 Å². The molecule has 2 heterocycles. The van der Waals surface area contributed by atoms with Crippen LogP contribution in [0.2, 0.25) is 0 Å². The van der Waals surface area contributed by atoms with Crippen molar-refractivity contribution in [3.05, 3.63) is 41.3 Å². The molecule has 3 rings (SSSR count). The topological polar surface area (TPSA) is 68.1 Å². The number of benzene rings is 1. The van der Waals surface area contributed by atoms with Crippen LogP contribution in [0.5, 0.6) is 0 Å². The average Bonchev–Trinajstić information content (AvgIpc) is 2.61. The molecule has 1 aliphatic rings. The standard InChI is InChI=1S/C18H21FN6/c1-3-21-18-22-13(2)11-17(23-18)25-9-7-24(8-10-25)16-6-4-5-15(19)14(16)12-20/h4-6,11H,3,7-10H2,1-2H3,(H,21,22,23). The molecule has 25 heavy (non-hydrogen) atoms.